The summed E-state index contributed by atoms with van der Waals surface area (Å²) in [6, 6.07) is 1.76. The smallest absolute Gasteiger partial charge is 0.319 e. The van der Waals surface area contributed by atoms with Gasteiger partial charge in [0.05, 0.1) is 24.0 Å². The molecule has 0 saturated carbocycles. The van der Waals surface area contributed by atoms with E-state index in [0.29, 0.717) is 6.61 Å². The maximum Gasteiger partial charge on any atom is 0.319 e. The number of amides is 2. The fraction of sp³-hybridized carbons (Fsp3) is 0.500. The monoisotopic (exact) mass is 334 g/mol. The van der Waals surface area contributed by atoms with Gasteiger partial charge in [-0.3, -0.25) is 4.68 Å². The summed E-state index contributed by atoms with van der Waals surface area (Å²) in [5.41, 5.74) is 2.83. The van der Waals surface area contributed by atoms with E-state index < -0.39 is 0 Å². The summed E-state index contributed by atoms with van der Waals surface area (Å²) in [6.07, 6.45) is 3.46. The van der Waals surface area contributed by atoms with E-state index in [-0.39, 0.29) is 18.2 Å². The minimum atomic E-state index is -0.230. The van der Waals surface area contributed by atoms with Gasteiger partial charge in [0.2, 0.25) is 0 Å². The van der Waals surface area contributed by atoms with E-state index >= 15 is 0 Å². The first-order valence-electron chi connectivity index (χ1n) is 7.86. The summed E-state index contributed by atoms with van der Waals surface area (Å²) in [7, 11) is 1.85. The standard InChI is InChI=1S/C16H22N4O2S/c1-4-12-13(9-20(3)19-12)18-16(21)17-10(2)15-11-6-8-23-14(11)5-7-22-15/h6,8-10,15H,4-5,7H2,1-3H3,(H2,17,18,21)/t10-,15-/m1/s1. The van der Waals surface area contributed by atoms with Crippen LogP contribution in [0.2, 0.25) is 0 Å². The predicted molar refractivity (Wildman–Crippen MR) is 90.9 cm³/mol. The molecule has 7 heteroatoms. The third-order valence-corrected chi connectivity index (χ3v) is 5.01. The highest BCUT2D eigenvalue weighted by atomic mass is 32.1. The topological polar surface area (TPSA) is 68.2 Å². The number of carbonyl (C=O) groups excluding carboxylic acids is 1. The molecule has 124 valence electrons. The number of thiophene rings is 1. The van der Waals surface area contributed by atoms with E-state index in [9.17, 15) is 4.79 Å². The number of fused-ring (bicyclic) bond motifs is 1. The van der Waals surface area contributed by atoms with Gasteiger partial charge in [0.15, 0.2) is 0 Å². The molecule has 0 aliphatic carbocycles. The quantitative estimate of drug-likeness (QED) is 0.903. The number of aromatic nitrogens is 2. The number of urea groups is 1. The highest BCUT2D eigenvalue weighted by molar-refractivity contribution is 7.10. The molecule has 2 atom stereocenters. The van der Waals surface area contributed by atoms with Gasteiger partial charge < -0.3 is 15.4 Å². The predicted octanol–water partition coefficient (Wildman–Crippen LogP) is 2.87. The van der Waals surface area contributed by atoms with E-state index in [0.717, 1.165) is 24.2 Å². The second-order valence-electron chi connectivity index (χ2n) is 5.74. The number of ether oxygens (including phenoxy) is 1. The van der Waals surface area contributed by atoms with E-state index in [1.807, 2.05) is 27.1 Å². The lowest BCUT2D eigenvalue weighted by atomic mass is 10.0. The van der Waals surface area contributed by atoms with Crippen molar-refractivity contribution >= 4 is 23.1 Å². The van der Waals surface area contributed by atoms with Gasteiger partial charge in [-0.2, -0.15) is 5.10 Å². The van der Waals surface area contributed by atoms with Gasteiger partial charge in [-0.25, -0.2) is 4.79 Å². The average molecular weight is 334 g/mol. The highest BCUT2D eigenvalue weighted by Crippen LogP contribution is 2.33. The van der Waals surface area contributed by atoms with E-state index in [1.54, 1.807) is 16.0 Å². The van der Waals surface area contributed by atoms with Gasteiger partial charge in [-0.05, 0) is 30.4 Å². The van der Waals surface area contributed by atoms with E-state index in [4.69, 9.17) is 4.74 Å². The molecule has 0 unspecified atom stereocenters. The summed E-state index contributed by atoms with van der Waals surface area (Å²) in [6.45, 7) is 4.69. The molecule has 2 N–H and O–H groups in total. The molecule has 2 aromatic rings. The Kier molecular flexibility index (Phi) is 4.68. The number of hydrogen-bond acceptors (Lipinski definition) is 4. The van der Waals surface area contributed by atoms with Gasteiger partial charge in [-0.1, -0.05) is 6.92 Å². The third kappa shape index (κ3) is 3.40. The molecule has 0 bridgehead atoms. The fourth-order valence-electron chi connectivity index (χ4n) is 2.93. The zero-order valence-electron chi connectivity index (χ0n) is 13.6. The number of nitrogens with one attached hydrogen (secondary N) is 2. The van der Waals surface area contributed by atoms with Crippen molar-refractivity contribution in [1.82, 2.24) is 15.1 Å². The van der Waals surface area contributed by atoms with Crippen LogP contribution in [0.15, 0.2) is 17.6 Å². The van der Waals surface area contributed by atoms with Crippen LogP contribution in [-0.2, 0) is 24.6 Å². The van der Waals surface area contributed by atoms with Gasteiger partial charge in [0.25, 0.3) is 0 Å². The van der Waals surface area contributed by atoms with Crippen molar-refractivity contribution in [2.75, 3.05) is 11.9 Å². The van der Waals surface area contributed by atoms with Crippen LogP contribution in [0.4, 0.5) is 10.5 Å². The molecular formula is C16H22N4O2S. The molecule has 6 nitrogen and oxygen atoms in total. The second-order valence-corrected chi connectivity index (χ2v) is 6.75. The lowest BCUT2D eigenvalue weighted by Gasteiger charge is -2.29. The molecule has 2 amide bonds. The molecule has 0 fully saturated rings. The van der Waals surface area contributed by atoms with Crippen LogP contribution in [0, 0.1) is 0 Å². The Hall–Kier alpha value is -1.86. The fourth-order valence-corrected chi connectivity index (χ4v) is 3.83. The van der Waals surface area contributed by atoms with Crippen LogP contribution in [0.1, 0.15) is 36.1 Å². The first-order chi connectivity index (χ1) is 11.1. The molecule has 2 aromatic heterocycles. The maximum atomic E-state index is 12.3. The Morgan fingerprint density at radius 1 is 1.61 bits per heavy atom. The minimum Gasteiger partial charge on any atom is -0.371 e. The van der Waals surface area contributed by atoms with Crippen LogP contribution in [-0.4, -0.2) is 28.5 Å². The largest absolute Gasteiger partial charge is 0.371 e. The van der Waals surface area contributed by atoms with Crippen molar-refractivity contribution in [1.29, 1.82) is 0 Å². The minimum absolute atomic E-state index is 0.0877. The molecular weight excluding hydrogens is 312 g/mol. The van der Waals surface area contributed by atoms with Gasteiger partial charge >= 0.3 is 6.03 Å². The Morgan fingerprint density at radius 2 is 2.43 bits per heavy atom. The van der Waals surface area contributed by atoms with Crippen molar-refractivity contribution in [3.8, 4) is 0 Å². The lowest BCUT2D eigenvalue weighted by molar-refractivity contribution is 0.0238. The Balaban J connectivity index is 1.64. The Morgan fingerprint density at radius 3 is 3.22 bits per heavy atom. The number of anilines is 1. The average Bonchev–Trinajstić information content (AvgIpc) is 3.12. The first-order valence-corrected chi connectivity index (χ1v) is 8.74. The lowest BCUT2D eigenvalue weighted by Crippen LogP contribution is -2.41. The van der Waals surface area contributed by atoms with Crippen molar-refractivity contribution in [3.05, 3.63) is 33.8 Å². The molecule has 0 radical (unpaired) electrons. The number of rotatable bonds is 4. The van der Waals surface area contributed by atoms with Crippen molar-refractivity contribution in [2.45, 2.75) is 38.8 Å². The van der Waals surface area contributed by atoms with Crippen molar-refractivity contribution in [3.63, 3.8) is 0 Å². The maximum absolute atomic E-state index is 12.3. The number of carbonyl (C=O) groups is 1. The van der Waals surface area contributed by atoms with Crippen LogP contribution in [0.5, 0.6) is 0 Å². The molecule has 3 rings (SSSR count). The molecule has 0 saturated heterocycles. The summed E-state index contributed by atoms with van der Waals surface area (Å²) < 4.78 is 7.58. The molecule has 3 heterocycles. The molecule has 1 aliphatic rings. The summed E-state index contributed by atoms with van der Waals surface area (Å²) in [5.74, 6) is 0. The molecule has 23 heavy (non-hydrogen) atoms. The summed E-state index contributed by atoms with van der Waals surface area (Å²) in [5, 5.41) is 12.3. The van der Waals surface area contributed by atoms with Gasteiger partial charge in [0, 0.05) is 24.5 Å². The summed E-state index contributed by atoms with van der Waals surface area (Å²) in [4.78, 5) is 13.6. The molecule has 0 aromatic carbocycles. The number of nitrogens with zero attached hydrogens (tertiary/aromatic N) is 2. The van der Waals surface area contributed by atoms with Crippen molar-refractivity contribution < 1.29 is 9.53 Å². The zero-order chi connectivity index (χ0) is 16.4. The molecule has 0 spiro atoms. The van der Waals surface area contributed by atoms with Gasteiger partial charge in [-0.15, -0.1) is 11.3 Å². The number of hydrogen-bond donors (Lipinski definition) is 2. The van der Waals surface area contributed by atoms with Crippen LogP contribution >= 0.6 is 11.3 Å². The second kappa shape index (κ2) is 6.72. The van der Waals surface area contributed by atoms with Crippen LogP contribution in [0.3, 0.4) is 0 Å². The van der Waals surface area contributed by atoms with Crippen LogP contribution in [0.25, 0.3) is 0 Å². The third-order valence-electron chi connectivity index (χ3n) is 4.01. The van der Waals surface area contributed by atoms with Crippen molar-refractivity contribution in [2.24, 2.45) is 7.05 Å². The van der Waals surface area contributed by atoms with Crippen LogP contribution < -0.4 is 10.6 Å². The first kappa shape index (κ1) is 16.0. The Bertz CT molecular complexity index is 694. The summed E-state index contributed by atoms with van der Waals surface area (Å²) >= 11 is 1.76. The Labute approximate surface area is 139 Å². The van der Waals surface area contributed by atoms with Gasteiger partial charge in [0.1, 0.15) is 6.10 Å². The SMILES string of the molecule is CCc1nn(C)cc1NC(=O)N[C@H](C)[C@H]1OCCc2sccc21. The van der Waals surface area contributed by atoms with E-state index in [2.05, 4.69) is 27.2 Å². The number of aryl methyl sites for hydroxylation is 2. The zero-order valence-corrected chi connectivity index (χ0v) is 14.4. The highest BCUT2D eigenvalue weighted by Gasteiger charge is 2.28. The normalized spacial score (nSPS) is 18.3. The van der Waals surface area contributed by atoms with E-state index in [1.165, 1.54) is 10.4 Å². The molecule has 1 aliphatic heterocycles.